The number of rotatable bonds is 4. The first kappa shape index (κ1) is 16.2. The summed E-state index contributed by atoms with van der Waals surface area (Å²) in [5, 5.41) is 3.30. The van der Waals surface area contributed by atoms with Crippen molar-refractivity contribution in [3.63, 3.8) is 0 Å². The number of methoxy groups -OCH3 is 2. The molecule has 1 aromatic heterocycles. The first-order valence-electron chi connectivity index (χ1n) is 7.90. The molecule has 3 rings (SSSR count). The van der Waals surface area contributed by atoms with Crippen LogP contribution in [0.3, 0.4) is 0 Å². The molecule has 0 unspecified atom stereocenters. The third-order valence-electron chi connectivity index (χ3n) is 4.00. The van der Waals surface area contributed by atoms with Crippen molar-refractivity contribution in [1.82, 2.24) is 9.97 Å². The monoisotopic (exact) mass is 325 g/mol. The SMILES string of the molecule is COc1cc2nc(Nc3ccc(C(C)(C)C)cc3)[nH]c2cc1OC. The second-order valence-corrected chi connectivity index (χ2v) is 6.76. The molecule has 0 amide bonds. The quantitative estimate of drug-likeness (QED) is 0.735. The van der Waals surface area contributed by atoms with E-state index in [-0.39, 0.29) is 5.41 Å². The van der Waals surface area contributed by atoms with Gasteiger partial charge in [-0.15, -0.1) is 0 Å². The van der Waals surface area contributed by atoms with Gasteiger partial charge in [-0.3, -0.25) is 0 Å². The van der Waals surface area contributed by atoms with E-state index in [1.807, 2.05) is 12.1 Å². The molecule has 0 aliphatic heterocycles. The van der Waals surface area contributed by atoms with Crippen LogP contribution in [0.1, 0.15) is 26.3 Å². The standard InChI is InChI=1S/C19H23N3O2/c1-19(2,3)12-6-8-13(9-7-12)20-18-21-14-10-16(23-4)17(24-5)11-15(14)22-18/h6-11H,1-5H3,(H2,20,21,22). The molecular formula is C19H23N3O2. The zero-order chi connectivity index (χ0) is 17.3. The van der Waals surface area contributed by atoms with Crippen molar-refractivity contribution in [1.29, 1.82) is 0 Å². The van der Waals surface area contributed by atoms with E-state index < -0.39 is 0 Å². The number of fused-ring (bicyclic) bond motifs is 1. The topological polar surface area (TPSA) is 59.2 Å². The number of benzene rings is 2. The summed E-state index contributed by atoms with van der Waals surface area (Å²) in [5.41, 5.74) is 4.14. The number of H-pyrrole nitrogens is 1. The normalized spacial score (nSPS) is 11.5. The number of aromatic amines is 1. The predicted molar refractivity (Wildman–Crippen MR) is 97.6 cm³/mol. The number of imidazole rings is 1. The average Bonchev–Trinajstić information content (AvgIpc) is 2.94. The molecular weight excluding hydrogens is 302 g/mol. The Balaban J connectivity index is 1.87. The highest BCUT2D eigenvalue weighted by Gasteiger charge is 2.13. The van der Waals surface area contributed by atoms with Crippen LogP contribution < -0.4 is 14.8 Å². The van der Waals surface area contributed by atoms with Crippen LogP contribution >= 0.6 is 0 Å². The van der Waals surface area contributed by atoms with Crippen LogP contribution in [0, 0.1) is 0 Å². The van der Waals surface area contributed by atoms with Crippen LogP contribution in [0.4, 0.5) is 11.6 Å². The number of hydrogen-bond acceptors (Lipinski definition) is 4. The number of ether oxygens (including phenoxy) is 2. The summed E-state index contributed by atoms with van der Waals surface area (Å²) in [5.74, 6) is 2.02. The van der Waals surface area contributed by atoms with Crippen molar-refractivity contribution in [2.75, 3.05) is 19.5 Å². The summed E-state index contributed by atoms with van der Waals surface area (Å²) in [6.07, 6.45) is 0. The fraction of sp³-hybridized carbons (Fsp3) is 0.316. The minimum Gasteiger partial charge on any atom is -0.493 e. The Bertz CT molecular complexity index is 804. The highest BCUT2D eigenvalue weighted by molar-refractivity contribution is 5.82. The Hall–Kier alpha value is -2.69. The minimum atomic E-state index is 0.144. The fourth-order valence-electron chi connectivity index (χ4n) is 2.59. The Morgan fingerprint density at radius 1 is 0.958 bits per heavy atom. The van der Waals surface area contributed by atoms with Gasteiger partial charge >= 0.3 is 0 Å². The van der Waals surface area contributed by atoms with E-state index in [1.54, 1.807) is 14.2 Å². The van der Waals surface area contributed by atoms with E-state index in [1.165, 1.54) is 5.56 Å². The van der Waals surface area contributed by atoms with Gasteiger partial charge in [0.25, 0.3) is 0 Å². The molecule has 2 aromatic carbocycles. The van der Waals surface area contributed by atoms with Gasteiger partial charge < -0.3 is 19.8 Å². The van der Waals surface area contributed by atoms with Gasteiger partial charge in [0.15, 0.2) is 11.5 Å². The van der Waals surface area contributed by atoms with Gasteiger partial charge in [-0.05, 0) is 23.1 Å². The van der Waals surface area contributed by atoms with Gasteiger partial charge in [0.1, 0.15) is 0 Å². The second kappa shape index (κ2) is 6.07. The first-order valence-corrected chi connectivity index (χ1v) is 7.90. The molecule has 24 heavy (non-hydrogen) atoms. The Kier molecular flexibility index (Phi) is 4.09. The van der Waals surface area contributed by atoms with Gasteiger partial charge in [0.2, 0.25) is 5.95 Å². The molecule has 0 radical (unpaired) electrons. The third-order valence-corrected chi connectivity index (χ3v) is 4.00. The molecule has 126 valence electrons. The summed E-state index contributed by atoms with van der Waals surface area (Å²) in [6, 6.07) is 12.1. The third kappa shape index (κ3) is 3.15. The van der Waals surface area contributed by atoms with E-state index in [9.17, 15) is 0 Å². The highest BCUT2D eigenvalue weighted by atomic mass is 16.5. The van der Waals surface area contributed by atoms with Crippen molar-refractivity contribution in [3.05, 3.63) is 42.0 Å². The van der Waals surface area contributed by atoms with Crippen LogP contribution in [0.2, 0.25) is 0 Å². The molecule has 3 aromatic rings. The van der Waals surface area contributed by atoms with Gasteiger partial charge in [-0.2, -0.15) is 0 Å². The molecule has 2 N–H and O–H groups in total. The zero-order valence-corrected chi connectivity index (χ0v) is 14.7. The summed E-state index contributed by atoms with van der Waals surface area (Å²) < 4.78 is 10.6. The Morgan fingerprint density at radius 2 is 1.58 bits per heavy atom. The average molecular weight is 325 g/mol. The van der Waals surface area contributed by atoms with Crippen molar-refractivity contribution in [2.45, 2.75) is 26.2 Å². The molecule has 0 aliphatic rings. The Labute approximate surface area is 142 Å². The van der Waals surface area contributed by atoms with Crippen molar-refractivity contribution < 1.29 is 9.47 Å². The number of hydrogen-bond donors (Lipinski definition) is 2. The number of nitrogens with one attached hydrogen (secondary N) is 2. The summed E-state index contributed by atoms with van der Waals surface area (Å²) in [6.45, 7) is 6.61. The summed E-state index contributed by atoms with van der Waals surface area (Å²) in [7, 11) is 3.24. The lowest BCUT2D eigenvalue weighted by Gasteiger charge is -2.19. The molecule has 0 spiro atoms. The maximum absolute atomic E-state index is 5.32. The molecule has 0 bridgehead atoms. The molecule has 0 saturated carbocycles. The molecule has 0 atom stereocenters. The largest absolute Gasteiger partial charge is 0.493 e. The lowest BCUT2D eigenvalue weighted by Crippen LogP contribution is -2.10. The van der Waals surface area contributed by atoms with Gasteiger partial charge in [-0.25, -0.2) is 4.98 Å². The molecule has 0 aliphatic carbocycles. The molecule has 1 heterocycles. The van der Waals surface area contributed by atoms with E-state index in [4.69, 9.17) is 9.47 Å². The minimum absolute atomic E-state index is 0.144. The summed E-state index contributed by atoms with van der Waals surface area (Å²) >= 11 is 0. The van der Waals surface area contributed by atoms with Crippen LogP contribution in [0.5, 0.6) is 11.5 Å². The maximum atomic E-state index is 5.32. The van der Waals surface area contributed by atoms with E-state index in [0.717, 1.165) is 16.7 Å². The second-order valence-electron chi connectivity index (χ2n) is 6.76. The molecule has 0 saturated heterocycles. The van der Waals surface area contributed by atoms with Gasteiger partial charge in [-0.1, -0.05) is 32.9 Å². The molecule has 5 heteroatoms. The number of anilines is 2. The van der Waals surface area contributed by atoms with Gasteiger partial charge in [0.05, 0.1) is 25.3 Å². The molecule has 5 nitrogen and oxygen atoms in total. The Morgan fingerprint density at radius 3 is 2.17 bits per heavy atom. The van der Waals surface area contributed by atoms with Crippen molar-refractivity contribution in [2.24, 2.45) is 0 Å². The summed E-state index contributed by atoms with van der Waals surface area (Å²) in [4.78, 5) is 7.82. The smallest absolute Gasteiger partial charge is 0.205 e. The number of nitrogens with zero attached hydrogens (tertiary/aromatic N) is 1. The fourth-order valence-corrected chi connectivity index (χ4v) is 2.59. The highest BCUT2D eigenvalue weighted by Crippen LogP contribution is 2.32. The molecule has 0 fully saturated rings. The van der Waals surface area contributed by atoms with Crippen LogP contribution in [0.15, 0.2) is 36.4 Å². The van der Waals surface area contributed by atoms with Crippen LogP contribution in [-0.2, 0) is 5.41 Å². The maximum Gasteiger partial charge on any atom is 0.205 e. The van der Waals surface area contributed by atoms with Gasteiger partial charge in [0, 0.05) is 17.8 Å². The lowest BCUT2D eigenvalue weighted by molar-refractivity contribution is 0.356. The van der Waals surface area contributed by atoms with E-state index >= 15 is 0 Å². The van der Waals surface area contributed by atoms with Crippen LogP contribution in [-0.4, -0.2) is 24.2 Å². The van der Waals surface area contributed by atoms with Crippen molar-refractivity contribution >= 4 is 22.7 Å². The van der Waals surface area contributed by atoms with E-state index in [0.29, 0.717) is 17.4 Å². The first-order chi connectivity index (χ1) is 11.4. The zero-order valence-electron chi connectivity index (χ0n) is 14.7. The predicted octanol–water partition coefficient (Wildman–Crippen LogP) is 4.62. The lowest BCUT2D eigenvalue weighted by atomic mass is 9.87. The van der Waals surface area contributed by atoms with Crippen LogP contribution in [0.25, 0.3) is 11.0 Å². The van der Waals surface area contributed by atoms with E-state index in [2.05, 4.69) is 60.3 Å². The van der Waals surface area contributed by atoms with Crippen molar-refractivity contribution in [3.8, 4) is 11.5 Å². The number of aromatic nitrogens is 2.